The number of halogens is 1. The topological polar surface area (TPSA) is 50.4 Å². The fraction of sp³-hybridized carbons (Fsp3) is 0.462. The summed E-state index contributed by atoms with van der Waals surface area (Å²) in [5, 5.41) is 5.81. The number of aryl methyl sites for hydroxylation is 1. The number of hydrogen-bond donors (Lipinski definition) is 2. The maximum absolute atomic E-state index is 13.1. The van der Waals surface area contributed by atoms with E-state index < -0.39 is 0 Å². The highest BCUT2D eigenvalue weighted by atomic mass is 19.1. The number of rotatable bonds is 3. The average Bonchev–Trinajstić information content (AvgIpc) is 2.82. The van der Waals surface area contributed by atoms with Crippen molar-refractivity contribution in [3.05, 3.63) is 29.6 Å². The van der Waals surface area contributed by atoms with Crippen LogP contribution in [-0.2, 0) is 9.53 Å². The van der Waals surface area contributed by atoms with Gasteiger partial charge in [-0.15, -0.1) is 0 Å². The van der Waals surface area contributed by atoms with Crippen molar-refractivity contribution in [2.45, 2.75) is 13.0 Å². The molecule has 0 aliphatic carbocycles. The lowest BCUT2D eigenvalue weighted by molar-refractivity contribution is -0.120. The minimum atomic E-state index is -0.358. The van der Waals surface area contributed by atoms with Gasteiger partial charge in [-0.25, -0.2) is 4.39 Å². The summed E-state index contributed by atoms with van der Waals surface area (Å²) in [7, 11) is 1.80. The minimum absolute atomic E-state index is 0.0128. The van der Waals surface area contributed by atoms with E-state index in [-0.39, 0.29) is 23.7 Å². The SMILES string of the molecule is CNC1COCC1C(=O)Nc1cc(F)ccc1C. The van der Waals surface area contributed by atoms with Crippen LogP contribution in [0, 0.1) is 18.7 Å². The van der Waals surface area contributed by atoms with Crippen molar-refractivity contribution in [3.8, 4) is 0 Å². The molecule has 2 atom stereocenters. The molecule has 0 spiro atoms. The zero-order valence-electron chi connectivity index (χ0n) is 10.5. The lowest BCUT2D eigenvalue weighted by Gasteiger charge is -2.17. The Balaban J connectivity index is 2.09. The van der Waals surface area contributed by atoms with Gasteiger partial charge in [-0.3, -0.25) is 4.79 Å². The summed E-state index contributed by atoms with van der Waals surface area (Å²) in [5.41, 5.74) is 1.35. The molecule has 1 aromatic rings. The van der Waals surface area contributed by atoms with Gasteiger partial charge in [0.2, 0.25) is 5.91 Å². The van der Waals surface area contributed by atoms with Crippen molar-refractivity contribution < 1.29 is 13.9 Å². The number of hydrogen-bond acceptors (Lipinski definition) is 3. The van der Waals surface area contributed by atoms with E-state index in [9.17, 15) is 9.18 Å². The zero-order valence-corrected chi connectivity index (χ0v) is 10.5. The fourth-order valence-corrected chi connectivity index (χ4v) is 2.05. The molecule has 1 amide bonds. The number of nitrogens with one attached hydrogen (secondary N) is 2. The van der Waals surface area contributed by atoms with Gasteiger partial charge in [0, 0.05) is 11.7 Å². The number of ether oxygens (including phenoxy) is 1. The van der Waals surface area contributed by atoms with Crippen molar-refractivity contribution in [1.82, 2.24) is 5.32 Å². The van der Waals surface area contributed by atoms with Gasteiger partial charge in [0.15, 0.2) is 0 Å². The molecular weight excluding hydrogens is 235 g/mol. The highest BCUT2D eigenvalue weighted by Crippen LogP contribution is 2.20. The van der Waals surface area contributed by atoms with Gasteiger partial charge in [0.05, 0.1) is 19.1 Å². The Labute approximate surface area is 106 Å². The van der Waals surface area contributed by atoms with E-state index in [0.29, 0.717) is 18.9 Å². The Bertz CT molecular complexity index is 451. The van der Waals surface area contributed by atoms with Crippen LogP contribution in [0.3, 0.4) is 0 Å². The van der Waals surface area contributed by atoms with Crippen LogP contribution in [0.4, 0.5) is 10.1 Å². The summed E-state index contributed by atoms with van der Waals surface area (Å²) in [5.74, 6) is -0.734. The second-order valence-corrected chi connectivity index (χ2v) is 4.49. The summed E-state index contributed by atoms with van der Waals surface area (Å²) >= 11 is 0. The highest BCUT2D eigenvalue weighted by molar-refractivity contribution is 5.94. The molecule has 2 rings (SSSR count). The first-order valence-corrected chi connectivity index (χ1v) is 5.94. The molecule has 2 N–H and O–H groups in total. The standard InChI is InChI=1S/C13H17FN2O2/c1-8-3-4-9(14)5-11(8)16-13(17)10-6-18-7-12(10)15-2/h3-5,10,12,15H,6-7H2,1-2H3,(H,16,17). The average molecular weight is 252 g/mol. The van der Waals surface area contributed by atoms with Crippen molar-refractivity contribution in [2.24, 2.45) is 5.92 Å². The monoisotopic (exact) mass is 252 g/mol. The first-order chi connectivity index (χ1) is 8.61. The van der Waals surface area contributed by atoms with Crippen LogP contribution in [-0.4, -0.2) is 32.2 Å². The van der Waals surface area contributed by atoms with Crippen LogP contribution in [0.15, 0.2) is 18.2 Å². The summed E-state index contributed by atoms with van der Waals surface area (Å²) < 4.78 is 18.4. The molecule has 0 bridgehead atoms. The maximum Gasteiger partial charge on any atom is 0.231 e. The lowest BCUT2D eigenvalue weighted by atomic mass is 10.0. The van der Waals surface area contributed by atoms with Crippen LogP contribution in [0.25, 0.3) is 0 Å². The third-order valence-electron chi connectivity index (χ3n) is 3.25. The molecule has 1 aliphatic rings. The Kier molecular flexibility index (Phi) is 3.93. The van der Waals surface area contributed by atoms with E-state index in [1.165, 1.54) is 12.1 Å². The van der Waals surface area contributed by atoms with Crippen molar-refractivity contribution in [3.63, 3.8) is 0 Å². The largest absolute Gasteiger partial charge is 0.379 e. The predicted molar refractivity (Wildman–Crippen MR) is 66.9 cm³/mol. The lowest BCUT2D eigenvalue weighted by Crippen LogP contribution is -2.39. The molecule has 4 nitrogen and oxygen atoms in total. The number of anilines is 1. The van der Waals surface area contributed by atoms with E-state index in [4.69, 9.17) is 4.74 Å². The Morgan fingerprint density at radius 1 is 1.44 bits per heavy atom. The number of likely N-dealkylation sites (N-methyl/N-ethyl adjacent to an activating group) is 1. The molecule has 98 valence electrons. The van der Waals surface area contributed by atoms with Gasteiger partial charge in [0.25, 0.3) is 0 Å². The minimum Gasteiger partial charge on any atom is -0.379 e. The van der Waals surface area contributed by atoms with E-state index in [1.54, 1.807) is 13.1 Å². The van der Waals surface area contributed by atoms with E-state index >= 15 is 0 Å². The third kappa shape index (κ3) is 2.68. The number of benzene rings is 1. The molecule has 1 saturated heterocycles. The Hall–Kier alpha value is -1.46. The van der Waals surface area contributed by atoms with Gasteiger partial charge in [-0.05, 0) is 31.7 Å². The molecule has 0 saturated carbocycles. The normalized spacial score (nSPS) is 23.1. The van der Waals surface area contributed by atoms with Crippen molar-refractivity contribution in [2.75, 3.05) is 25.6 Å². The zero-order chi connectivity index (χ0) is 13.1. The Morgan fingerprint density at radius 2 is 2.22 bits per heavy atom. The molecule has 0 radical (unpaired) electrons. The summed E-state index contributed by atoms with van der Waals surface area (Å²) in [4.78, 5) is 12.1. The van der Waals surface area contributed by atoms with Crippen LogP contribution >= 0.6 is 0 Å². The summed E-state index contributed by atoms with van der Waals surface area (Å²) in [6, 6.07) is 4.36. The number of carbonyl (C=O) groups excluding carboxylic acids is 1. The maximum atomic E-state index is 13.1. The van der Waals surface area contributed by atoms with Crippen LogP contribution < -0.4 is 10.6 Å². The number of amides is 1. The first kappa shape index (κ1) is 13.0. The summed E-state index contributed by atoms with van der Waals surface area (Å²) in [6.45, 7) is 2.75. The van der Waals surface area contributed by atoms with Crippen molar-refractivity contribution in [1.29, 1.82) is 0 Å². The van der Waals surface area contributed by atoms with E-state index in [2.05, 4.69) is 10.6 Å². The van der Waals surface area contributed by atoms with Crippen LogP contribution in [0.1, 0.15) is 5.56 Å². The molecule has 5 heteroatoms. The third-order valence-corrected chi connectivity index (χ3v) is 3.25. The molecule has 1 aromatic carbocycles. The second kappa shape index (κ2) is 5.46. The predicted octanol–water partition coefficient (Wildman–Crippen LogP) is 1.31. The molecule has 1 heterocycles. The van der Waals surface area contributed by atoms with Crippen molar-refractivity contribution >= 4 is 11.6 Å². The fourth-order valence-electron chi connectivity index (χ4n) is 2.05. The van der Waals surface area contributed by atoms with E-state index in [0.717, 1.165) is 5.56 Å². The van der Waals surface area contributed by atoms with Crippen LogP contribution in [0.2, 0.25) is 0 Å². The molecule has 1 fully saturated rings. The highest BCUT2D eigenvalue weighted by Gasteiger charge is 2.33. The first-order valence-electron chi connectivity index (χ1n) is 5.94. The molecule has 2 unspecified atom stereocenters. The van der Waals surface area contributed by atoms with Gasteiger partial charge < -0.3 is 15.4 Å². The number of carbonyl (C=O) groups is 1. The van der Waals surface area contributed by atoms with E-state index in [1.807, 2.05) is 6.92 Å². The second-order valence-electron chi connectivity index (χ2n) is 4.49. The quantitative estimate of drug-likeness (QED) is 0.852. The van der Waals surface area contributed by atoms with Crippen LogP contribution in [0.5, 0.6) is 0 Å². The molecule has 0 aromatic heterocycles. The smallest absolute Gasteiger partial charge is 0.231 e. The summed E-state index contributed by atoms with van der Waals surface area (Å²) in [6.07, 6.45) is 0. The Morgan fingerprint density at radius 3 is 2.94 bits per heavy atom. The van der Waals surface area contributed by atoms with Gasteiger partial charge >= 0.3 is 0 Å². The molecule has 18 heavy (non-hydrogen) atoms. The molecule has 1 aliphatic heterocycles. The van der Waals surface area contributed by atoms with Gasteiger partial charge in [0.1, 0.15) is 5.82 Å². The van der Waals surface area contributed by atoms with Gasteiger partial charge in [-0.1, -0.05) is 6.07 Å². The molecular formula is C13H17FN2O2. The van der Waals surface area contributed by atoms with Gasteiger partial charge in [-0.2, -0.15) is 0 Å².